The largest absolute Gasteiger partial charge is 0.444 e. The Morgan fingerprint density at radius 2 is 2.21 bits per heavy atom. The van der Waals surface area contributed by atoms with E-state index in [9.17, 15) is 9.90 Å². The summed E-state index contributed by atoms with van der Waals surface area (Å²) in [5.41, 5.74) is -0.450. The number of carbonyl (C=O) groups is 1. The van der Waals surface area contributed by atoms with Crippen LogP contribution in [0.5, 0.6) is 0 Å². The first-order valence-corrected chi connectivity index (χ1v) is 7.20. The third-order valence-corrected chi connectivity index (χ3v) is 3.26. The molecule has 2 N–H and O–H groups in total. The highest BCUT2D eigenvalue weighted by molar-refractivity contribution is 5.68. The number of aliphatic hydroxyl groups is 1. The molecule has 19 heavy (non-hydrogen) atoms. The molecule has 1 rings (SSSR count). The molecular formula is C14H28N2O3. The summed E-state index contributed by atoms with van der Waals surface area (Å²) in [6, 6.07) is 0.363. The highest BCUT2D eigenvalue weighted by Crippen LogP contribution is 2.15. The van der Waals surface area contributed by atoms with Gasteiger partial charge in [0.15, 0.2) is 0 Å². The van der Waals surface area contributed by atoms with Gasteiger partial charge in [0, 0.05) is 25.2 Å². The van der Waals surface area contributed by atoms with E-state index in [0.717, 1.165) is 25.8 Å². The number of likely N-dealkylation sites (tertiary alicyclic amines) is 1. The van der Waals surface area contributed by atoms with E-state index in [1.54, 1.807) is 4.90 Å². The van der Waals surface area contributed by atoms with Crippen LogP contribution in [-0.4, -0.2) is 53.5 Å². The van der Waals surface area contributed by atoms with Gasteiger partial charge in [0.25, 0.3) is 0 Å². The van der Waals surface area contributed by atoms with Crippen LogP contribution in [0.15, 0.2) is 0 Å². The molecule has 1 aliphatic rings. The van der Waals surface area contributed by atoms with Crippen molar-refractivity contribution in [2.45, 2.75) is 64.6 Å². The first-order valence-electron chi connectivity index (χ1n) is 7.20. The number of rotatable bonds is 4. The van der Waals surface area contributed by atoms with Crippen LogP contribution in [0.4, 0.5) is 4.79 Å². The highest BCUT2D eigenvalue weighted by atomic mass is 16.6. The zero-order valence-corrected chi connectivity index (χ0v) is 12.6. The predicted molar refractivity (Wildman–Crippen MR) is 75.1 cm³/mol. The highest BCUT2D eigenvalue weighted by Gasteiger charge is 2.28. The molecule has 5 heteroatoms. The summed E-state index contributed by atoms with van der Waals surface area (Å²) in [6.07, 6.45) is 2.66. The van der Waals surface area contributed by atoms with E-state index in [1.165, 1.54) is 0 Å². The summed E-state index contributed by atoms with van der Waals surface area (Å²) in [5.74, 6) is 0. The van der Waals surface area contributed by atoms with Crippen molar-refractivity contribution in [3.05, 3.63) is 0 Å². The smallest absolute Gasteiger partial charge is 0.410 e. The van der Waals surface area contributed by atoms with E-state index in [4.69, 9.17) is 4.74 Å². The van der Waals surface area contributed by atoms with Gasteiger partial charge in [-0.3, -0.25) is 0 Å². The standard InChI is InChI=1S/C14H28N2O3/c1-5-11(10-17)15-12-7-6-8-16(9-12)13(18)19-14(2,3)4/h11-12,15,17H,5-10H2,1-4H3. The van der Waals surface area contributed by atoms with Crippen LogP contribution in [0, 0.1) is 0 Å². The molecule has 2 atom stereocenters. The number of nitrogens with one attached hydrogen (secondary N) is 1. The Morgan fingerprint density at radius 1 is 1.53 bits per heavy atom. The summed E-state index contributed by atoms with van der Waals surface area (Å²) < 4.78 is 5.39. The van der Waals surface area contributed by atoms with Gasteiger partial charge in [0.05, 0.1) is 6.61 Å². The number of ether oxygens (including phenoxy) is 1. The fourth-order valence-electron chi connectivity index (χ4n) is 2.24. The zero-order chi connectivity index (χ0) is 14.5. The maximum atomic E-state index is 12.0. The third-order valence-electron chi connectivity index (χ3n) is 3.26. The van der Waals surface area contributed by atoms with Crippen LogP contribution >= 0.6 is 0 Å². The molecule has 0 radical (unpaired) electrons. The van der Waals surface area contributed by atoms with Crippen LogP contribution in [0.2, 0.25) is 0 Å². The second-order valence-electron chi connectivity index (χ2n) is 6.22. The van der Waals surface area contributed by atoms with Gasteiger partial charge in [0.1, 0.15) is 5.60 Å². The summed E-state index contributed by atoms with van der Waals surface area (Å²) >= 11 is 0. The lowest BCUT2D eigenvalue weighted by molar-refractivity contribution is 0.0180. The Morgan fingerprint density at radius 3 is 2.74 bits per heavy atom. The number of hydrogen-bond acceptors (Lipinski definition) is 4. The topological polar surface area (TPSA) is 61.8 Å². The van der Waals surface area contributed by atoms with Crippen LogP contribution in [0.25, 0.3) is 0 Å². The molecule has 5 nitrogen and oxygen atoms in total. The maximum absolute atomic E-state index is 12.0. The van der Waals surface area contributed by atoms with Crippen molar-refractivity contribution in [3.8, 4) is 0 Å². The fourth-order valence-corrected chi connectivity index (χ4v) is 2.24. The minimum Gasteiger partial charge on any atom is -0.444 e. The zero-order valence-electron chi connectivity index (χ0n) is 12.6. The van der Waals surface area contributed by atoms with Gasteiger partial charge in [0.2, 0.25) is 0 Å². The number of carbonyl (C=O) groups excluding carboxylic acids is 1. The Hall–Kier alpha value is -0.810. The van der Waals surface area contributed by atoms with Gasteiger partial charge in [-0.15, -0.1) is 0 Å². The molecule has 1 saturated heterocycles. The van der Waals surface area contributed by atoms with E-state index in [0.29, 0.717) is 6.54 Å². The van der Waals surface area contributed by atoms with Crippen LogP contribution < -0.4 is 5.32 Å². The van der Waals surface area contributed by atoms with Crippen molar-refractivity contribution in [1.29, 1.82) is 0 Å². The molecule has 1 fully saturated rings. The number of hydrogen-bond donors (Lipinski definition) is 2. The van der Waals surface area contributed by atoms with E-state index >= 15 is 0 Å². The molecular weight excluding hydrogens is 244 g/mol. The van der Waals surface area contributed by atoms with Crippen molar-refractivity contribution in [2.24, 2.45) is 0 Å². The molecule has 0 spiro atoms. The molecule has 0 aliphatic carbocycles. The van der Waals surface area contributed by atoms with Crippen molar-refractivity contribution in [2.75, 3.05) is 19.7 Å². The van der Waals surface area contributed by atoms with Gasteiger partial charge in [-0.25, -0.2) is 4.79 Å². The molecule has 1 amide bonds. The van der Waals surface area contributed by atoms with E-state index < -0.39 is 5.60 Å². The Labute approximate surface area is 116 Å². The minimum absolute atomic E-state index is 0.114. The van der Waals surface area contributed by atoms with Crippen LogP contribution in [0.3, 0.4) is 0 Å². The van der Waals surface area contributed by atoms with Gasteiger partial charge in [-0.1, -0.05) is 6.92 Å². The molecule has 0 aromatic rings. The summed E-state index contributed by atoms with van der Waals surface area (Å²) in [4.78, 5) is 13.8. The molecule has 2 unspecified atom stereocenters. The van der Waals surface area contributed by atoms with Crippen molar-refractivity contribution in [3.63, 3.8) is 0 Å². The molecule has 0 aromatic carbocycles. The molecule has 1 heterocycles. The van der Waals surface area contributed by atoms with Crippen molar-refractivity contribution >= 4 is 6.09 Å². The number of aliphatic hydroxyl groups excluding tert-OH is 1. The summed E-state index contributed by atoms with van der Waals surface area (Å²) in [6.45, 7) is 9.23. The lowest BCUT2D eigenvalue weighted by atomic mass is 10.0. The first-order chi connectivity index (χ1) is 8.85. The number of piperidine rings is 1. The van der Waals surface area contributed by atoms with Gasteiger partial charge in [-0.2, -0.15) is 0 Å². The number of amides is 1. The van der Waals surface area contributed by atoms with Crippen molar-refractivity contribution in [1.82, 2.24) is 10.2 Å². The molecule has 1 aliphatic heterocycles. The fraction of sp³-hybridized carbons (Fsp3) is 0.929. The van der Waals surface area contributed by atoms with Gasteiger partial charge < -0.3 is 20.1 Å². The quantitative estimate of drug-likeness (QED) is 0.818. The average Bonchev–Trinajstić information content (AvgIpc) is 2.34. The van der Waals surface area contributed by atoms with Crippen LogP contribution in [-0.2, 0) is 4.74 Å². The van der Waals surface area contributed by atoms with E-state index in [2.05, 4.69) is 5.32 Å². The lowest BCUT2D eigenvalue weighted by Gasteiger charge is -2.35. The maximum Gasteiger partial charge on any atom is 0.410 e. The Balaban J connectivity index is 2.47. The van der Waals surface area contributed by atoms with E-state index in [-0.39, 0.29) is 24.8 Å². The van der Waals surface area contributed by atoms with Gasteiger partial charge in [-0.05, 0) is 40.0 Å². The lowest BCUT2D eigenvalue weighted by Crippen LogP contribution is -2.52. The Bertz CT molecular complexity index is 285. The number of nitrogens with zero attached hydrogens (tertiary/aromatic N) is 1. The summed E-state index contributed by atoms with van der Waals surface area (Å²) in [5, 5.41) is 12.6. The van der Waals surface area contributed by atoms with Gasteiger partial charge >= 0.3 is 6.09 Å². The molecule has 0 saturated carbocycles. The summed E-state index contributed by atoms with van der Waals surface area (Å²) in [7, 11) is 0. The van der Waals surface area contributed by atoms with Crippen LogP contribution in [0.1, 0.15) is 47.0 Å². The average molecular weight is 272 g/mol. The predicted octanol–water partition coefficient (Wildman–Crippen LogP) is 1.75. The molecule has 112 valence electrons. The second kappa shape index (κ2) is 7.10. The van der Waals surface area contributed by atoms with E-state index in [1.807, 2.05) is 27.7 Å². The second-order valence-corrected chi connectivity index (χ2v) is 6.22. The SMILES string of the molecule is CCC(CO)NC1CCCN(C(=O)OC(C)(C)C)C1. The third kappa shape index (κ3) is 5.78. The monoisotopic (exact) mass is 272 g/mol. The normalized spacial score (nSPS) is 22.2. The Kier molecular flexibility index (Phi) is 6.07. The first kappa shape index (κ1) is 16.2. The minimum atomic E-state index is -0.450. The molecule has 0 aromatic heterocycles. The molecule has 0 bridgehead atoms. The van der Waals surface area contributed by atoms with Crippen molar-refractivity contribution < 1.29 is 14.6 Å².